The molecule has 0 bridgehead atoms. The van der Waals surface area contributed by atoms with Gasteiger partial charge in [-0.15, -0.1) is 0 Å². The van der Waals surface area contributed by atoms with Crippen molar-refractivity contribution in [3.05, 3.63) is 70.8 Å². The number of carboxylic acids is 1. The van der Waals surface area contributed by atoms with Gasteiger partial charge in [-0.2, -0.15) is 0 Å². The van der Waals surface area contributed by atoms with Crippen molar-refractivity contribution < 1.29 is 14.7 Å². The number of carboxylic acid groups (broad SMARTS) is 1. The molecule has 2 N–H and O–H groups in total. The molecule has 4 nitrogen and oxygen atoms in total. The van der Waals surface area contributed by atoms with Crippen molar-refractivity contribution in [3.63, 3.8) is 0 Å². The van der Waals surface area contributed by atoms with Gasteiger partial charge >= 0.3 is 5.97 Å². The van der Waals surface area contributed by atoms with E-state index >= 15 is 0 Å². The van der Waals surface area contributed by atoms with Crippen LogP contribution < -0.4 is 5.32 Å². The lowest BCUT2D eigenvalue weighted by Gasteiger charge is -2.14. The van der Waals surface area contributed by atoms with Crippen LogP contribution in [0.2, 0.25) is 0 Å². The first-order chi connectivity index (χ1) is 12.0. The largest absolute Gasteiger partial charge is 0.478 e. The lowest BCUT2D eigenvalue weighted by molar-refractivity contribution is -0.115. The Kier molecular flexibility index (Phi) is 4.70. The highest BCUT2D eigenvalue weighted by Crippen LogP contribution is 2.29. The minimum absolute atomic E-state index is 0.0776. The number of hydrogen-bond acceptors (Lipinski definition) is 2. The summed E-state index contributed by atoms with van der Waals surface area (Å²) < 4.78 is 0. The summed E-state index contributed by atoms with van der Waals surface area (Å²) in [6.45, 7) is 3.91. The molecule has 4 heteroatoms. The third-order valence-electron chi connectivity index (χ3n) is 4.42. The molecular formula is C21H21NO3. The molecule has 25 heavy (non-hydrogen) atoms. The molecule has 2 aromatic rings. The highest BCUT2D eigenvalue weighted by atomic mass is 16.4. The first-order valence-corrected chi connectivity index (χ1v) is 8.38. The van der Waals surface area contributed by atoms with Gasteiger partial charge in [-0.05, 0) is 55.5 Å². The minimum Gasteiger partial charge on any atom is -0.478 e. The first-order valence-electron chi connectivity index (χ1n) is 8.38. The van der Waals surface area contributed by atoms with Crippen LogP contribution >= 0.6 is 0 Å². The van der Waals surface area contributed by atoms with Crippen LogP contribution in [-0.4, -0.2) is 23.0 Å². The van der Waals surface area contributed by atoms with E-state index in [-0.39, 0.29) is 17.5 Å². The number of carbonyl (C=O) groups excluding carboxylic acids is 1. The SMILES string of the molecule is CC(=C(C(=O)NC1CC1)c1ccc(C)cc1)c1ccc(C(=O)O)cc1. The van der Waals surface area contributed by atoms with Crippen LogP contribution in [0.3, 0.4) is 0 Å². The monoisotopic (exact) mass is 335 g/mol. The van der Waals surface area contributed by atoms with Gasteiger partial charge in [-0.1, -0.05) is 42.0 Å². The maximum absolute atomic E-state index is 12.8. The lowest BCUT2D eigenvalue weighted by atomic mass is 9.94. The molecule has 1 amide bonds. The zero-order valence-electron chi connectivity index (χ0n) is 14.4. The van der Waals surface area contributed by atoms with Gasteiger partial charge in [0.2, 0.25) is 0 Å². The number of rotatable bonds is 5. The lowest BCUT2D eigenvalue weighted by Crippen LogP contribution is -2.26. The molecule has 1 saturated carbocycles. The van der Waals surface area contributed by atoms with Crippen LogP contribution in [0.15, 0.2) is 48.5 Å². The van der Waals surface area contributed by atoms with Crippen LogP contribution in [0.25, 0.3) is 11.1 Å². The molecule has 1 fully saturated rings. The van der Waals surface area contributed by atoms with Gasteiger partial charge in [0, 0.05) is 6.04 Å². The summed E-state index contributed by atoms with van der Waals surface area (Å²) in [5.74, 6) is -1.04. The van der Waals surface area contributed by atoms with E-state index in [1.807, 2.05) is 38.1 Å². The molecule has 0 atom stereocenters. The number of carbonyl (C=O) groups is 2. The molecule has 0 unspecified atom stereocenters. The molecule has 0 aliphatic heterocycles. The second kappa shape index (κ2) is 6.93. The summed E-state index contributed by atoms with van der Waals surface area (Å²) >= 11 is 0. The van der Waals surface area contributed by atoms with E-state index < -0.39 is 5.97 Å². The summed E-state index contributed by atoms with van der Waals surface area (Å²) in [6.07, 6.45) is 2.05. The van der Waals surface area contributed by atoms with Gasteiger partial charge in [-0.3, -0.25) is 4.79 Å². The summed E-state index contributed by atoms with van der Waals surface area (Å²) in [5.41, 5.74) is 4.54. The summed E-state index contributed by atoms with van der Waals surface area (Å²) in [7, 11) is 0. The van der Waals surface area contributed by atoms with Crippen molar-refractivity contribution in [2.45, 2.75) is 32.7 Å². The van der Waals surface area contributed by atoms with Gasteiger partial charge in [0.1, 0.15) is 0 Å². The molecule has 3 rings (SSSR count). The first kappa shape index (κ1) is 17.0. The molecule has 0 aromatic heterocycles. The van der Waals surface area contributed by atoms with Crippen LogP contribution in [0.4, 0.5) is 0 Å². The average Bonchev–Trinajstić information content (AvgIpc) is 3.40. The Bertz CT molecular complexity index is 828. The Hall–Kier alpha value is -2.88. The van der Waals surface area contributed by atoms with Gasteiger partial charge in [0.05, 0.1) is 11.1 Å². The van der Waals surface area contributed by atoms with E-state index in [0.29, 0.717) is 5.57 Å². The predicted octanol–water partition coefficient (Wildman–Crippen LogP) is 3.90. The number of amides is 1. The molecular weight excluding hydrogens is 314 g/mol. The number of aromatic carboxylic acids is 1. The van der Waals surface area contributed by atoms with Crippen molar-refractivity contribution in [2.75, 3.05) is 0 Å². The molecule has 0 heterocycles. The molecule has 0 saturated heterocycles. The fourth-order valence-electron chi connectivity index (χ4n) is 2.73. The second-order valence-electron chi connectivity index (χ2n) is 6.50. The normalized spacial score (nSPS) is 14.6. The average molecular weight is 335 g/mol. The summed E-state index contributed by atoms with van der Waals surface area (Å²) in [4.78, 5) is 23.8. The molecule has 0 radical (unpaired) electrons. The van der Waals surface area contributed by atoms with E-state index in [0.717, 1.165) is 35.1 Å². The zero-order chi connectivity index (χ0) is 18.0. The topological polar surface area (TPSA) is 66.4 Å². The molecule has 128 valence electrons. The molecule has 1 aliphatic rings. The van der Waals surface area contributed by atoms with E-state index in [9.17, 15) is 9.59 Å². The van der Waals surface area contributed by atoms with E-state index in [1.165, 1.54) is 0 Å². The van der Waals surface area contributed by atoms with Crippen molar-refractivity contribution in [1.29, 1.82) is 0 Å². The molecule has 0 spiro atoms. The standard InChI is InChI=1S/C21H21NO3/c1-13-3-5-16(6-4-13)19(20(23)22-18-11-12-18)14(2)15-7-9-17(10-8-15)21(24)25/h3-10,18H,11-12H2,1-2H3,(H,22,23)(H,24,25). The van der Waals surface area contributed by atoms with Gasteiger partial charge in [0.15, 0.2) is 0 Å². The third kappa shape index (κ3) is 3.97. The van der Waals surface area contributed by atoms with Crippen molar-refractivity contribution in [3.8, 4) is 0 Å². The number of benzene rings is 2. The van der Waals surface area contributed by atoms with Crippen molar-refractivity contribution in [2.24, 2.45) is 0 Å². The van der Waals surface area contributed by atoms with Crippen LogP contribution in [-0.2, 0) is 4.79 Å². The number of hydrogen-bond donors (Lipinski definition) is 2. The van der Waals surface area contributed by atoms with E-state index in [1.54, 1.807) is 24.3 Å². The van der Waals surface area contributed by atoms with Crippen LogP contribution in [0.5, 0.6) is 0 Å². The van der Waals surface area contributed by atoms with E-state index in [2.05, 4.69) is 5.32 Å². The zero-order valence-corrected chi connectivity index (χ0v) is 14.4. The van der Waals surface area contributed by atoms with E-state index in [4.69, 9.17) is 5.11 Å². The fraction of sp³-hybridized carbons (Fsp3) is 0.238. The maximum atomic E-state index is 12.8. The maximum Gasteiger partial charge on any atom is 0.335 e. The number of allylic oxidation sites excluding steroid dienone is 1. The summed E-state index contributed by atoms with van der Waals surface area (Å²) in [5, 5.41) is 12.1. The van der Waals surface area contributed by atoms with Crippen molar-refractivity contribution in [1.82, 2.24) is 5.32 Å². The number of nitrogens with one attached hydrogen (secondary N) is 1. The Morgan fingerprint density at radius 3 is 1.96 bits per heavy atom. The quantitative estimate of drug-likeness (QED) is 0.643. The Morgan fingerprint density at radius 2 is 1.44 bits per heavy atom. The third-order valence-corrected chi connectivity index (χ3v) is 4.42. The smallest absolute Gasteiger partial charge is 0.335 e. The van der Waals surface area contributed by atoms with Gasteiger partial charge in [-0.25, -0.2) is 4.79 Å². The van der Waals surface area contributed by atoms with Gasteiger partial charge in [0.25, 0.3) is 5.91 Å². The minimum atomic E-state index is -0.960. The molecule has 2 aromatic carbocycles. The predicted molar refractivity (Wildman–Crippen MR) is 98.2 cm³/mol. The number of aryl methyl sites for hydroxylation is 1. The Balaban J connectivity index is 2.03. The van der Waals surface area contributed by atoms with Crippen molar-refractivity contribution >= 4 is 23.0 Å². The second-order valence-corrected chi connectivity index (χ2v) is 6.50. The van der Waals surface area contributed by atoms with Crippen LogP contribution in [0.1, 0.15) is 46.8 Å². The Morgan fingerprint density at radius 1 is 0.920 bits per heavy atom. The summed E-state index contributed by atoms with van der Waals surface area (Å²) in [6, 6.07) is 14.8. The fourth-order valence-corrected chi connectivity index (χ4v) is 2.73. The van der Waals surface area contributed by atoms with Gasteiger partial charge < -0.3 is 10.4 Å². The Labute approximate surface area is 147 Å². The van der Waals surface area contributed by atoms with Crippen LogP contribution in [0, 0.1) is 6.92 Å². The highest BCUT2D eigenvalue weighted by molar-refractivity contribution is 6.26. The highest BCUT2D eigenvalue weighted by Gasteiger charge is 2.26. The molecule has 1 aliphatic carbocycles.